The maximum absolute atomic E-state index is 13.4. The first-order valence-electron chi connectivity index (χ1n) is 6.67. The molecule has 3 N–H and O–H groups in total. The average Bonchev–Trinajstić information content (AvgIpc) is 2.55. The number of hydrogen-bond donors (Lipinski definition) is 3. The first-order chi connectivity index (χ1) is 11.0. The summed E-state index contributed by atoms with van der Waals surface area (Å²) in [6, 6.07) is 11.7. The Hall–Kier alpha value is -3.22. The zero-order chi connectivity index (χ0) is 16.8. The van der Waals surface area contributed by atoms with Gasteiger partial charge in [0.2, 0.25) is 0 Å². The lowest BCUT2D eigenvalue weighted by atomic mass is 10.1. The summed E-state index contributed by atoms with van der Waals surface area (Å²) in [5.74, 6) is -2.59. The Kier molecular flexibility index (Phi) is 5.03. The molecule has 0 fully saturated rings. The summed E-state index contributed by atoms with van der Waals surface area (Å²) in [4.78, 5) is 23.3. The molecule has 0 aliphatic rings. The second-order valence-electron chi connectivity index (χ2n) is 4.62. The van der Waals surface area contributed by atoms with Crippen LogP contribution in [0.2, 0.25) is 0 Å². The number of anilines is 1. The maximum Gasteiger partial charge on any atom is 0.329 e. The SMILES string of the molecule is C/C(=N\NC(=O)C(=O)Nc1ccccc1F)c1ccc(O)cc1. The lowest BCUT2D eigenvalue weighted by molar-refractivity contribution is -0.136. The highest BCUT2D eigenvalue weighted by molar-refractivity contribution is 6.39. The number of benzene rings is 2. The van der Waals surface area contributed by atoms with Gasteiger partial charge in [0, 0.05) is 0 Å². The van der Waals surface area contributed by atoms with Crippen LogP contribution in [0.3, 0.4) is 0 Å². The van der Waals surface area contributed by atoms with Gasteiger partial charge in [-0.15, -0.1) is 0 Å². The Labute approximate surface area is 131 Å². The average molecular weight is 315 g/mol. The van der Waals surface area contributed by atoms with E-state index in [1.54, 1.807) is 19.1 Å². The molecule has 6 nitrogen and oxygen atoms in total. The van der Waals surface area contributed by atoms with Crippen molar-refractivity contribution >= 4 is 23.2 Å². The van der Waals surface area contributed by atoms with Gasteiger partial charge in [-0.1, -0.05) is 12.1 Å². The number of hydrazone groups is 1. The van der Waals surface area contributed by atoms with Gasteiger partial charge in [0.25, 0.3) is 0 Å². The number of carbonyl (C=O) groups is 2. The van der Waals surface area contributed by atoms with E-state index in [1.807, 2.05) is 0 Å². The summed E-state index contributed by atoms with van der Waals surface area (Å²) in [6.45, 7) is 1.63. The van der Waals surface area contributed by atoms with Gasteiger partial charge in [0.1, 0.15) is 11.6 Å². The van der Waals surface area contributed by atoms with Crippen LogP contribution in [0, 0.1) is 5.82 Å². The number of rotatable bonds is 3. The molecule has 7 heteroatoms. The number of para-hydroxylation sites is 1. The second-order valence-corrected chi connectivity index (χ2v) is 4.62. The van der Waals surface area contributed by atoms with Gasteiger partial charge in [0.05, 0.1) is 11.4 Å². The summed E-state index contributed by atoms with van der Waals surface area (Å²) in [5.41, 5.74) is 3.10. The maximum atomic E-state index is 13.4. The lowest BCUT2D eigenvalue weighted by Gasteiger charge is -2.05. The third-order valence-corrected chi connectivity index (χ3v) is 2.94. The van der Waals surface area contributed by atoms with E-state index < -0.39 is 17.6 Å². The molecule has 0 unspecified atom stereocenters. The molecule has 0 aliphatic carbocycles. The van der Waals surface area contributed by atoms with Gasteiger partial charge in [-0.2, -0.15) is 5.10 Å². The van der Waals surface area contributed by atoms with E-state index in [-0.39, 0.29) is 11.4 Å². The van der Waals surface area contributed by atoms with Crippen molar-refractivity contribution in [1.82, 2.24) is 5.43 Å². The lowest BCUT2D eigenvalue weighted by Crippen LogP contribution is -2.33. The fraction of sp³-hybridized carbons (Fsp3) is 0.0625. The fourth-order valence-corrected chi connectivity index (χ4v) is 1.69. The summed E-state index contributed by atoms with van der Waals surface area (Å²) < 4.78 is 13.4. The number of carbonyl (C=O) groups excluding carboxylic acids is 2. The molecule has 0 spiro atoms. The molecule has 0 aromatic heterocycles. The van der Waals surface area contributed by atoms with Gasteiger partial charge in [-0.3, -0.25) is 9.59 Å². The fourth-order valence-electron chi connectivity index (χ4n) is 1.69. The van der Waals surface area contributed by atoms with E-state index >= 15 is 0 Å². The highest BCUT2D eigenvalue weighted by atomic mass is 19.1. The molecular weight excluding hydrogens is 301 g/mol. The van der Waals surface area contributed by atoms with Gasteiger partial charge in [0.15, 0.2) is 0 Å². The molecule has 0 radical (unpaired) electrons. The Bertz CT molecular complexity index is 757. The molecule has 118 valence electrons. The van der Waals surface area contributed by atoms with Crippen LogP contribution in [0.5, 0.6) is 5.75 Å². The molecule has 0 aliphatic heterocycles. The van der Waals surface area contributed by atoms with E-state index in [4.69, 9.17) is 0 Å². The van der Waals surface area contributed by atoms with Crippen molar-refractivity contribution in [2.45, 2.75) is 6.92 Å². The Balaban J connectivity index is 1.98. The third kappa shape index (κ3) is 4.37. The molecule has 0 saturated heterocycles. The van der Waals surface area contributed by atoms with E-state index in [9.17, 15) is 19.1 Å². The standard InChI is InChI=1S/C16H14FN3O3/c1-10(11-6-8-12(21)9-7-11)19-20-16(23)15(22)18-14-5-3-2-4-13(14)17/h2-9,21H,1H3,(H,18,22)(H,20,23)/b19-10+. The van der Waals surface area contributed by atoms with Crippen LogP contribution < -0.4 is 10.7 Å². The topological polar surface area (TPSA) is 90.8 Å². The Morgan fingerprint density at radius 3 is 2.35 bits per heavy atom. The van der Waals surface area contributed by atoms with Crippen molar-refractivity contribution in [2.75, 3.05) is 5.32 Å². The van der Waals surface area contributed by atoms with Crippen molar-refractivity contribution in [3.8, 4) is 5.75 Å². The number of nitrogens with one attached hydrogen (secondary N) is 2. The van der Waals surface area contributed by atoms with E-state index in [1.165, 1.54) is 36.4 Å². The molecular formula is C16H14FN3O3. The minimum atomic E-state index is -1.03. The highest BCUT2D eigenvalue weighted by Crippen LogP contribution is 2.12. The normalized spacial score (nSPS) is 11.0. The number of phenols is 1. The molecule has 23 heavy (non-hydrogen) atoms. The molecule has 0 bridgehead atoms. The molecule has 2 rings (SSSR count). The van der Waals surface area contributed by atoms with E-state index in [2.05, 4.69) is 15.8 Å². The smallest absolute Gasteiger partial charge is 0.329 e. The van der Waals surface area contributed by atoms with Crippen LogP contribution in [0.4, 0.5) is 10.1 Å². The van der Waals surface area contributed by atoms with Crippen LogP contribution in [-0.2, 0) is 9.59 Å². The van der Waals surface area contributed by atoms with Crippen LogP contribution in [0.1, 0.15) is 12.5 Å². The first-order valence-corrected chi connectivity index (χ1v) is 6.67. The number of hydrogen-bond acceptors (Lipinski definition) is 4. The Morgan fingerprint density at radius 1 is 1.04 bits per heavy atom. The summed E-state index contributed by atoms with van der Waals surface area (Å²) in [6.07, 6.45) is 0. The van der Waals surface area contributed by atoms with Crippen LogP contribution in [-0.4, -0.2) is 22.6 Å². The molecule has 0 heterocycles. The Morgan fingerprint density at radius 2 is 1.70 bits per heavy atom. The van der Waals surface area contributed by atoms with E-state index in [0.717, 1.165) is 0 Å². The summed E-state index contributed by atoms with van der Waals surface area (Å²) in [5, 5.41) is 15.1. The summed E-state index contributed by atoms with van der Waals surface area (Å²) in [7, 11) is 0. The predicted molar refractivity (Wildman–Crippen MR) is 83.5 cm³/mol. The minimum Gasteiger partial charge on any atom is -0.508 e. The van der Waals surface area contributed by atoms with Gasteiger partial charge in [-0.25, -0.2) is 9.82 Å². The second kappa shape index (κ2) is 7.17. The highest BCUT2D eigenvalue weighted by Gasteiger charge is 2.15. The number of halogens is 1. The predicted octanol–water partition coefficient (Wildman–Crippen LogP) is 2.01. The number of phenolic OH excluding ortho intramolecular Hbond substituents is 1. The quantitative estimate of drug-likeness (QED) is 0.460. The van der Waals surface area contributed by atoms with Gasteiger partial charge < -0.3 is 10.4 Å². The largest absolute Gasteiger partial charge is 0.508 e. The monoisotopic (exact) mass is 315 g/mol. The zero-order valence-electron chi connectivity index (χ0n) is 12.2. The van der Waals surface area contributed by atoms with Crippen molar-refractivity contribution in [2.24, 2.45) is 5.10 Å². The molecule has 2 aromatic rings. The summed E-state index contributed by atoms with van der Waals surface area (Å²) >= 11 is 0. The molecule has 0 atom stereocenters. The van der Waals surface area contributed by atoms with Crippen LogP contribution in [0.25, 0.3) is 0 Å². The number of nitrogens with zero attached hydrogens (tertiary/aromatic N) is 1. The van der Waals surface area contributed by atoms with Gasteiger partial charge >= 0.3 is 11.8 Å². The van der Waals surface area contributed by atoms with Crippen LogP contribution in [0.15, 0.2) is 53.6 Å². The zero-order valence-corrected chi connectivity index (χ0v) is 12.2. The van der Waals surface area contributed by atoms with Crippen molar-refractivity contribution in [3.05, 3.63) is 59.9 Å². The van der Waals surface area contributed by atoms with E-state index in [0.29, 0.717) is 11.3 Å². The first kappa shape index (κ1) is 16.2. The number of amides is 2. The molecule has 2 aromatic carbocycles. The van der Waals surface area contributed by atoms with Crippen molar-refractivity contribution < 1.29 is 19.1 Å². The van der Waals surface area contributed by atoms with Crippen molar-refractivity contribution in [3.63, 3.8) is 0 Å². The van der Waals surface area contributed by atoms with Crippen molar-refractivity contribution in [1.29, 1.82) is 0 Å². The van der Waals surface area contributed by atoms with Crippen LogP contribution >= 0.6 is 0 Å². The third-order valence-electron chi connectivity index (χ3n) is 2.94. The molecule has 2 amide bonds. The molecule has 0 saturated carbocycles. The number of aromatic hydroxyl groups is 1. The van der Waals surface area contributed by atoms with Gasteiger partial charge in [-0.05, 0) is 48.9 Å². The minimum absolute atomic E-state index is 0.0908.